The number of aliphatic carboxylic acids is 1. The van der Waals surface area contributed by atoms with Gasteiger partial charge in [0, 0.05) is 6.54 Å². The molecule has 4 nitrogen and oxygen atoms in total. The van der Waals surface area contributed by atoms with Crippen LogP contribution in [0.25, 0.3) is 0 Å². The van der Waals surface area contributed by atoms with Crippen LogP contribution in [0, 0.1) is 5.92 Å². The summed E-state index contributed by atoms with van der Waals surface area (Å²) in [5, 5.41) is 19.4. The van der Waals surface area contributed by atoms with Gasteiger partial charge in [-0.2, -0.15) is 0 Å². The third-order valence-corrected chi connectivity index (χ3v) is 2.11. The average Bonchev–Trinajstić information content (AvgIpc) is 2.20. The van der Waals surface area contributed by atoms with Gasteiger partial charge < -0.3 is 15.5 Å². The molecule has 0 saturated heterocycles. The summed E-state index contributed by atoms with van der Waals surface area (Å²) in [7, 11) is 1.80. The van der Waals surface area contributed by atoms with Crippen LogP contribution in [-0.2, 0) is 4.79 Å². The van der Waals surface area contributed by atoms with E-state index in [1.54, 1.807) is 7.05 Å². The molecular weight excluding hydrogens is 194 g/mol. The van der Waals surface area contributed by atoms with E-state index in [1.807, 2.05) is 6.92 Å². The molecule has 0 amide bonds. The van der Waals surface area contributed by atoms with E-state index in [0.717, 1.165) is 25.7 Å². The summed E-state index contributed by atoms with van der Waals surface area (Å²) in [6.45, 7) is 4.93. The van der Waals surface area contributed by atoms with Crippen molar-refractivity contribution in [3.8, 4) is 0 Å². The maximum Gasteiger partial charge on any atom is 0.306 e. The highest BCUT2D eigenvalue weighted by atomic mass is 16.4. The van der Waals surface area contributed by atoms with Gasteiger partial charge in [-0.25, -0.2) is 0 Å². The Morgan fingerprint density at radius 1 is 1.40 bits per heavy atom. The van der Waals surface area contributed by atoms with Crippen molar-refractivity contribution in [2.45, 2.75) is 39.5 Å². The smallest absolute Gasteiger partial charge is 0.306 e. The number of likely N-dealkylation sites (N-methyl/N-ethyl adjacent to an activating group) is 1. The van der Waals surface area contributed by atoms with E-state index in [0.29, 0.717) is 6.54 Å². The van der Waals surface area contributed by atoms with E-state index in [-0.39, 0.29) is 12.5 Å². The van der Waals surface area contributed by atoms with Crippen LogP contribution < -0.4 is 5.32 Å². The van der Waals surface area contributed by atoms with Gasteiger partial charge in [-0.1, -0.05) is 26.7 Å². The predicted octanol–water partition coefficient (Wildman–Crippen LogP) is 1.49. The second kappa shape index (κ2) is 13.4. The highest BCUT2D eigenvalue weighted by Crippen LogP contribution is 2.11. The summed E-state index contributed by atoms with van der Waals surface area (Å²) < 4.78 is 0. The maximum atomic E-state index is 10.4. The zero-order valence-corrected chi connectivity index (χ0v) is 10.1. The van der Waals surface area contributed by atoms with Gasteiger partial charge in [-0.3, -0.25) is 4.79 Å². The van der Waals surface area contributed by atoms with Crippen molar-refractivity contribution in [2.24, 2.45) is 5.92 Å². The fraction of sp³-hybridized carbons (Fsp3) is 0.909. The lowest BCUT2D eigenvalue weighted by Gasteiger charge is -2.06. The minimum absolute atomic E-state index is 0.111. The molecule has 0 radical (unpaired) electrons. The average molecular weight is 219 g/mol. The normalized spacial score (nSPS) is 11.5. The van der Waals surface area contributed by atoms with Crippen molar-refractivity contribution in [3.63, 3.8) is 0 Å². The Hall–Kier alpha value is -0.610. The Labute approximate surface area is 92.7 Å². The van der Waals surface area contributed by atoms with Crippen molar-refractivity contribution < 1.29 is 15.0 Å². The fourth-order valence-corrected chi connectivity index (χ4v) is 1.06. The molecular formula is C11H25NO3. The Kier molecular flexibility index (Phi) is 15.0. The van der Waals surface area contributed by atoms with Crippen molar-refractivity contribution in [3.05, 3.63) is 0 Å². The second-order valence-electron chi connectivity index (χ2n) is 3.41. The summed E-state index contributed by atoms with van der Waals surface area (Å²) in [5.41, 5.74) is 0. The molecule has 0 aliphatic heterocycles. The van der Waals surface area contributed by atoms with Crippen LogP contribution in [0.1, 0.15) is 39.5 Å². The van der Waals surface area contributed by atoms with Gasteiger partial charge in [0.1, 0.15) is 0 Å². The summed E-state index contributed by atoms with van der Waals surface area (Å²) in [5.74, 6) is -0.754. The minimum Gasteiger partial charge on any atom is -0.481 e. The molecule has 0 saturated carbocycles. The quantitative estimate of drug-likeness (QED) is 0.606. The Morgan fingerprint density at radius 2 is 2.00 bits per heavy atom. The van der Waals surface area contributed by atoms with Crippen LogP contribution in [0.3, 0.4) is 0 Å². The van der Waals surface area contributed by atoms with Crippen LogP contribution in [0.4, 0.5) is 0 Å². The first-order chi connectivity index (χ1) is 7.13. The molecule has 0 aromatic rings. The Morgan fingerprint density at radius 3 is 2.20 bits per heavy atom. The first kappa shape index (κ1) is 16.8. The van der Waals surface area contributed by atoms with Crippen molar-refractivity contribution in [1.29, 1.82) is 0 Å². The summed E-state index contributed by atoms with van der Waals surface area (Å²) in [6, 6.07) is 0. The van der Waals surface area contributed by atoms with Crippen LogP contribution in [0.2, 0.25) is 0 Å². The summed E-state index contributed by atoms with van der Waals surface area (Å²) in [4.78, 5) is 10.4. The SMILES string of the molecule is CCCCC(CC)C(=O)O.CNCCO. The maximum absolute atomic E-state index is 10.4. The zero-order chi connectivity index (χ0) is 12.1. The molecule has 0 aromatic carbocycles. The molecule has 1 unspecified atom stereocenters. The number of carboxylic acid groups (broad SMARTS) is 1. The van der Waals surface area contributed by atoms with Crippen LogP contribution in [0.15, 0.2) is 0 Å². The number of hydrogen-bond donors (Lipinski definition) is 3. The van der Waals surface area contributed by atoms with E-state index in [4.69, 9.17) is 10.2 Å². The lowest BCUT2D eigenvalue weighted by Crippen LogP contribution is -2.11. The fourth-order valence-electron chi connectivity index (χ4n) is 1.06. The lowest BCUT2D eigenvalue weighted by molar-refractivity contribution is -0.142. The van der Waals surface area contributed by atoms with E-state index in [1.165, 1.54) is 0 Å². The summed E-state index contributed by atoms with van der Waals surface area (Å²) in [6.07, 6.45) is 3.71. The molecule has 0 spiro atoms. The van der Waals surface area contributed by atoms with Gasteiger partial charge in [0.2, 0.25) is 0 Å². The first-order valence-corrected chi connectivity index (χ1v) is 5.62. The Balaban J connectivity index is 0. The van der Waals surface area contributed by atoms with Gasteiger partial charge in [-0.15, -0.1) is 0 Å². The molecule has 0 rings (SSSR count). The molecule has 1 atom stereocenters. The number of unbranched alkanes of at least 4 members (excludes halogenated alkanes) is 1. The van der Waals surface area contributed by atoms with Crippen molar-refractivity contribution in [1.82, 2.24) is 5.32 Å². The first-order valence-electron chi connectivity index (χ1n) is 5.62. The molecule has 0 aromatic heterocycles. The Bertz CT molecular complexity index is 138. The van der Waals surface area contributed by atoms with E-state index in [9.17, 15) is 4.79 Å². The van der Waals surface area contributed by atoms with Crippen LogP contribution in [-0.4, -0.2) is 36.4 Å². The standard InChI is InChI=1S/C8H16O2.C3H9NO/c1-3-5-6-7(4-2)8(9)10;1-4-2-3-5/h7H,3-6H2,1-2H3,(H,9,10);4-5H,2-3H2,1H3. The molecule has 15 heavy (non-hydrogen) atoms. The number of aliphatic hydroxyl groups is 1. The van der Waals surface area contributed by atoms with E-state index in [2.05, 4.69) is 12.2 Å². The molecule has 92 valence electrons. The molecule has 3 N–H and O–H groups in total. The molecule has 4 heteroatoms. The number of nitrogens with one attached hydrogen (secondary N) is 1. The third kappa shape index (κ3) is 13.4. The van der Waals surface area contributed by atoms with Crippen LogP contribution in [0.5, 0.6) is 0 Å². The number of carbonyl (C=O) groups is 1. The van der Waals surface area contributed by atoms with E-state index >= 15 is 0 Å². The highest BCUT2D eigenvalue weighted by molar-refractivity contribution is 5.69. The zero-order valence-electron chi connectivity index (χ0n) is 10.1. The highest BCUT2D eigenvalue weighted by Gasteiger charge is 2.12. The lowest BCUT2D eigenvalue weighted by atomic mass is 10.00. The van der Waals surface area contributed by atoms with Gasteiger partial charge in [0.25, 0.3) is 0 Å². The van der Waals surface area contributed by atoms with Crippen LogP contribution >= 0.6 is 0 Å². The third-order valence-electron chi connectivity index (χ3n) is 2.11. The van der Waals surface area contributed by atoms with Crippen molar-refractivity contribution >= 4 is 5.97 Å². The number of hydrogen-bond acceptors (Lipinski definition) is 3. The number of rotatable bonds is 7. The molecule has 0 aliphatic rings. The summed E-state index contributed by atoms with van der Waals surface area (Å²) >= 11 is 0. The van der Waals surface area contributed by atoms with Gasteiger partial charge in [0.05, 0.1) is 12.5 Å². The largest absolute Gasteiger partial charge is 0.481 e. The van der Waals surface area contributed by atoms with Gasteiger partial charge in [0.15, 0.2) is 0 Å². The predicted molar refractivity (Wildman–Crippen MR) is 62.0 cm³/mol. The number of aliphatic hydroxyl groups excluding tert-OH is 1. The molecule has 0 aliphatic carbocycles. The minimum atomic E-state index is -0.643. The molecule has 0 bridgehead atoms. The molecule has 0 heterocycles. The molecule has 0 fully saturated rings. The monoisotopic (exact) mass is 219 g/mol. The van der Waals surface area contributed by atoms with E-state index < -0.39 is 5.97 Å². The number of carboxylic acids is 1. The second-order valence-corrected chi connectivity index (χ2v) is 3.41. The van der Waals surface area contributed by atoms with Gasteiger partial charge >= 0.3 is 5.97 Å². The van der Waals surface area contributed by atoms with Crippen molar-refractivity contribution in [2.75, 3.05) is 20.2 Å². The topological polar surface area (TPSA) is 69.6 Å². The van der Waals surface area contributed by atoms with Gasteiger partial charge in [-0.05, 0) is 19.9 Å².